The van der Waals surface area contributed by atoms with Crippen molar-refractivity contribution in [3.8, 4) is 6.01 Å². The molecule has 2 aromatic rings. The first-order valence-electron chi connectivity index (χ1n) is 5.98. The normalized spacial score (nSPS) is 16.2. The number of nitrogens with one attached hydrogen (secondary N) is 1. The number of imidazole rings is 1. The molecule has 0 atom stereocenters. The molecule has 0 unspecified atom stereocenters. The topological polar surface area (TPSA) is 68.1 Å². The molecule has 18 heavy (non-hydrogen) atoms. The third-order valence-electron chi connectivity index (χ3n) is 3.12. The average molecular weight is 248 g/mol. The zero-order valence-electron chi connectivity index (χ0n) is 10.6. The van der Waals surface area contributed by atoms with Gasteiger partial charge in [0.15, 0.2) is 17.0 Å². The van der Waals surface area contributed by atoms with Crippen LogP contribution in [0, 0.1) is 0 Å². The van der Waals surface area contributed by atoms with Crippen LogP contribution in [0.4, 0.5) is 5.82 Å². The van der Waals surface area contributed by atoms with Gasteiger partial charge in [-0.2, -0.15) is 9.97 Å². The molecule has 1 aliphatic heterocycles. The molecule has 2 aromatic heterocycles. The van der Waals surface area contributed by atoms with Crippen molar-refractivity contribution < 1.29 is 4.74 Å². The summed E-state index contributed by atoms with van der Waals surface area (Å²) in [5.74, 6) is 0.860. The van der Waals surface area contributed by atoms with E-state index >= 15 is 0 Å². The summed E-state index contributed by atoms with van der Waals surface area (Å²) in [6.45, 7) is 3.76. The minimum absolute atomic E-state index is 0.389. The molecular weight excluding hydrogens is 232 g/mol. The van der Waals surface area contributed by atoms with Crippen LogP contribution >= 0.6 is 0 Å². The Bertz CT molecular complexity index is 560. The lowest BCUT2D eigenvalue weighted by atomic mass is 10.3. The van der Waals surface area contributed by atoms with Crippen molar-refractivity contribution in [1.29, 1.82) is 0 Å². The maximum Gasteiger partial charge on any atom is 0.320 e. The Kier molecular flexibility index (Phi) is 2.75. The Labute approximate surface area is 105 Å². The van der Waals surface area contributed by atoms with E-state index in [4.69, 9.17) is 4.74 Å². The van der Waals surface area contributed by atoms with E-state index in [1.165, 1.54) is 0 Å². The maximum atomic E-state index is 5.17. The third-order valence-corrected chi connectivity index (χ3v) is 3.12. The SMILES string of the molecule is COc1nc(N2CCNCC2)c2ncn(C)c2n1. The summed E-state index contributed by atoms with van der Waals surface area (Å²) in [4.78, 5) is 15.4. The fourth-order valence-corrected chi connectivity index (χ4v) is 2.16. The van der Waals surface area contributed by atoms with Gasteiger partial charge in [0.2, 0.25) is 0 Å². The summed E-state index contributed by atoms with van der Waals surface area (Å²) in [6.07, 6.45) is 1.75. The van der Waals surface area contributed by atoms with E-state index < -0.39 is 0 Å². The largest absolute Gasteiger partial charge is 0.467 e. The first-order valence-corrected chi connectivity index (χ1v) is 5.98. The number of aryl methyl sites for hydroxylation is 1. The first kappa shape index (κ1) is 11.2. The van der Waals surface area contributed by atoms with Crippen LogP contribution in [0.15, 0.2) is 6.33 Å². The molecule has 0 spiro atoms. The average Bonchev–Trinajstić information content (AvgIpc) is 2.80. The Hall–Kier alpha value is -1.89. The van der Waals surface area contributed by atoms with Crippen molar-refractivity contribution in [3.63, 3.8) is 0 Å². The van der Waals surface area contributed by atoms with Crippen LogP contribution in [0.3, 0.4) is 0 Å². The van der Waals surface area contributed by atoms with Crippen molar-refractivity contribution >= 4 is 17.0 Å². The summed E-state index contributed by atoms with van der Waals surface area (Å²) >= 11 is 0. The van der Waals surface area contributed by atoms with Gasteiger partial charge >= 0.3 is 6.01 Å². The lowest BCUT2D eigenvalue weighted by molar-refractivity contribution is 0.381. The van der Waals surface area contributed by atoms with E-state index in [2.05, 4.69) is 25.2 Å². The summed E-state index contributed by atoms with van der Waals surface area (Å²) in [7, 11) is 3.50. The number of aromatic nitrogens is 4. The molecule has 1 saturated heterocycles. The van der Waals surface area contributed by atoms with Crippen LogP contribution in [0.1, 0.15) is 0 Å². The number of hydrogen-bond donors (Lipinski definition) is 1. The lowest BCUT2D eigenvalue weighted by Crippen LogP contribution is -2.44. The molecule has 3 heterocycles. The smallest absolute Gasteiger partial charge is 0.320 e. The summed E-state index contributed by atoms with van der Waals surface area (Å²) < 4.78 is 7.05. The van der Waals surface area contributed by atoms with Gasteiger partial charge in [0, 0.05) is 33.2 Å². The van der Waals surface area contributed by atoms with Crippen molar-refractivity contribution in [1.82, 2.24) is 24.8 Å². The molecule has 96 valence electrons. The number of anilines is 1. The van der Waals surface area contributed by atoms with Gasteiger partial charge < -0.3 is 19.5 Å². The molecule has 3 rings (SSSR count). The molecule has 7 nitrogen and oxygen atoms in total. The van der Waals surface area contributed by atoms with Crippen LogP contribution in [-0.4, -0.2) is 52.8 Å². The van der Waals surface area contributed by atoms with E-state index in [9.17, 15) is 0 Å². The summed E-state index contributed by atoms with van der Waals surface area (Å²) in [6, 6.07) is 0.389. The molecule has 1 N–H and O–H groups in total. The van der Waals surface area contributed by atoms with Gasteiger partial charge in [-0.25, -0.2) is 4.98 Å². The molecule has 1 fully saturated rings. The summed E-state index contributed by atoms with van der Waals surface area (Å²) in [5, 5.41) is 3.32. The fourth-order valence-electron chi connectivity index (χ4n) is 2.16. The highest BCUT2D eigenvalue weighted by Gasteiger charge is 2.19. The van der Waals surface area contributed by atoms with Crippen molar-refractivity contribution in [2.45, 2.75) is 0 Å². The highest BCUT2D eigenvalue weighted by Crippen LogP contribution is 2.24. The van der Waals surface area contributed by atoms with Gasteiger partial charge in [0.1, 0.15) is 0 Å². The quantitative estimate of drug-likeness (QED) is 0.792. The minimum Gasteiger partial charge on any atom is -0.467 e. The number of piperazine rings is 1. The molecule has 0 radical (unpaired) electrons. The molecule has 0 aliphatic carbocycles. The molecule has 1 aliphatic rings. The van der Waals surface area contributed by atoms with Crippen LogP contribution in [0.5, 0.6) is 6.01 Å². The predicted octanol–water partition coefficient (Wildman–Crippen LogP) is -0.218. The van der Waals surface area contributed by atoms with Gasteiger partial charge in [-0.15, -0.1) is 0 Å². The van der Waals surface area contributed by atoms with E-state index in [1.54, 1.807) is 13.4 Å². The zero-order chi connectivity index (χ0) is 12.5. The Morgan fingerprint density at radius 1 is 1.28 bits per heavy atom. The van der Waals surface area contributed by atoms with Gasteiger partial charge in [-0.1, -0.05) is 0 Å². The van der Waals surface area contributed by atoms with Crippen molar-refractivity contribution in [2.75, 3.05) is 38.2 Å². The number of nitrogens with zero attached hydrogens (tertiary/aromatic N) is 5. The molecule has 7 heteroatoms. The minimum atomic E-state index is 0.389. The molecule has 0 saturated carbocycles. The number of hydrogen-bond acceptors (Lipinski definition) is 6. The van der Waals surface area contributed by atoms with Gasteiger partial charge in [0.05, 0.1) is 13.4 Å². The number of rotatable bonds is 2. The van der Waals surface area contributed by atoms with Gasteiger partial charge in [-0.05, 0) is 0 Å². The maximum absolute atomic E-state index is 5.17. The summed E-state index contributed by atoms with van der Waals surface area (Å²) in [5.41, 5.74) is 1.63. The second-order valence-corrected chi connectivity index (χ2v) is 4.30. The van der Waals surface area contributed by atoms with Crippen molar-refractivity contribution in [3.05, 3.63) is 6.33 Å². The van der Waals surface area contributed by atoms with Gasteiger partial charge in [-0.3, -0.25) is 0 Å². The van der Waals surface area contributed by atoms with E-state index in [0.29, 0.717) is 6.01 Å². The zero-order valence-corrected chi connectivity index (χ0v) is 10.6. The highest BCUT2D eigenvalue weighted by molar-refractivity contribution is 5.84. The predicted molar refractivity (Wildman–Crippen MR) is 67.9 cm³/mol. The highest BCUT2D eigenvalue weighted by atomic mass is 16.5. The monoisotopic (exact) mass is 248 g/mol. The Morgan fingerprint density at radius 2 is 2.06 bits per heavy atom. The molecule has 0 amide bonds. The molecule has 0 aromatic carbocycles. The standard InChI is InChI=1S/C11H16N6O/c1-16-7-13-8-9(16)14-11(18-2)15-10(8)17-5-3-12-4-6-17/h7,12H,3-6H2,1-2H3. The second-order valence-electron chi connectivity index (χ2n) is 4.30. The van der Waals surface area contributed by atoms with E-state index in [0.717, 1.165) is 43.2 Å². The second kappa shape index (κ2) is 4.41. The van der Waals surface area contributed by atoms with Crippen molar-refractivity contribution in [2.24, 2.45) is 7.05 Å². The van der Waals surface area contributed by atoms with Crippen LogP contribution in [0.2, 0.25) is 0 Å². The number of methoxy groups -OCH3 is 1. The molecule has 0 bridgehead atoms. The van der Waals surface area contributed by atoms with Gasteiger partial charge in [0.25, 0.3) is 0 Å². The number of fused-ring (bicyclic) bond motifs is 1. The first-order chi connectivity index (χ1) is 8.79. The van der Waals surface area contributed by atoms with Crippen LogP contribution in [0.25, 0.3) is 11.2 Å². The number of ether oxygens (including phenoxy) is 1. The Balaban J connectivity index is 2.13. The fraction of sp³-hybridized carbons (Fsp3) is 0.545. The van der Waals surface area contributed by atoms with E-state index in [-0.39, 0.29) is 0 Å². The molecular formula is C11H16N6O. The third kappa shape index (κ3) is 1.76. The Morgan fingerprint density at radius 3 is 2.78 bits per heavy atom. The van der Waals surface area contributed by atoms with Crippen LogP contribution < -0.4 is 15.0 Å². The van der Waals surface area contributed by atoms with Crippen LogP contribution in [-0.2, 0) is 7.05 Å². The van der Waals surface area contributed by atoms with E-state index in [1.807, 2.05) is 11.6 Å². The lowest BCUT2D eigenvalue weighted by Gasteiger charge is -2.28.